The Bertz CT molecular complexity index is 409. The number of hydrogen-bond acceptors (Lipinski definition) is 2. The summed E-state index contributed by atoms with van der Waals surface area (Å²) in [6, 6.07) is 12.1. The highest BCUT2D eigenvalue weighted by atomic mass is 35.5. The summed E-state index contributed by atoms with van der Waals surface area (Å²) in [4.78, 5) is 12.3. The first-order chi connectivity index (χ1) is 7.61. The monoisotopic (exact) mass is 257 g/mol. The van der Waals surface area contributed by atoms with E-state index in [1.165, 1.54) is 5.39 Å². The summed E-state index contributed by atoms with van der Waals surface area (Å²) < 4.78 is 0. The molecular formula is C11H9Cl2NO2. The highest BCUT2D eigenvalue weighted by molar-refractivity contribution is 6.52. The fourth-order valence-electron chi connectivity index (χ4n) is 1.02. The summed E-state index contributed by atoms with van der Waals surface area (Å²) in [6.45, 7) is 0. The van der Waals surface area contributed by atoms with Gasteiger partial charge in [-0.15, -0.1) is 0 Å². The van der Waals surface area contributed by atoms with Crippen molar-refractivity contribution in [2.75, 3.05) is 0 Å². The van der Waals surface area contributed by atoms with Gasteiger partial charge in [-0.1, -0.05) is 47.5 Å². The van der Waals surface area contributed by atoms with Gasteiger partial charge in [-0.25, -0.2) is 4.79 Å². The number of fused-ring (bicyclic) bond motifs is 1. The van der Waals surface area contributed by atoms with Gasteiger partial charge in [0.05, 0.1) is 5.52 Å². The maximum atomic E-state index is 9.44. The average Bonchev–Trinajstić information content (AvgIpc) is 2.30. The van der Waals surface area contributed by atoms with Gasteiger partial charge in [0.15, 0.2) is 0 Å². The quantitative estimate of drug-likeness (QED) is 0.799. The van der Waals surface area contributed by atoms with Crippen LogP contribution in [0, 0.1) is 0 Å². The van der Waals surface area contributed by atoms with Gasteiger partial charge in [-0.3, -0.25) is 4.98 Å². The van der Waals surface area contributed by atoms with Crippen molar-refractivity contribution in [1.29, 1.82) is 0 Å². The number of nitrogens with zero attached hydrogens (tertiary/aromatic N) is 1. The van der Waals surface area contributed by atoms with E-state index in [4.69, 9.17) is 28.3 Å². The Hall–Kier alpha value is -1.32. The summed E-state index contributed by atoms with van der Waals surface area (Å²) in [6.07, 6.45) is 1.81. The van der Waals surface area contributed by atoms with E-state index in [9.17, 15) is 4.79 Å². The fraction of sp³-hybridized carbons (Fsp3) is 0.0909. The lowest BCUT2D eigenvalue weighted by Crippen LogP contribution is -2.03. The Morgan fingerprint density at radius 3 is 2.31 bits per heavy atom. The molecule has 0 saturated carbocycles. The molecular weight excluding hydrogens is 249 g/mol. The highest BCUT2D eigenvalue weighted by Gasteiger charge is 2.05. The number of aromatic nitrogens is 1. The van der Waals surface area contributed by atoms with Crippen LogP contribution >= 0.6 is 23.2 Å². The maximum Gasteiger partial charge on any atom is 0.337 e. The molecule has 0 aliphatic carbocycles. The molecule has 1 N–H and O–H groups in total. The second-order valence-corrected chi connectivity index (χ2v) is 3.93. The fourth-order valence-corrected chi connectivity index (χ4v) is 1.02. The van der Waals surface area contributed by atoms with E-state index < -0.39 is 10.8 Å². The largest absolute Gasteiger partial charge is 0.479 e. The molecule has 1 heterocycles. The minimum atomic E-state index is -1.29. The van der Waals surface area contributed by atoms with Crippen molar-refractivity contribution >= 4 is 40.1 Å². The third-order valence-corrected chi connectivity index (χ3v) is 2.07. The van der Waals surface area contributed by atoms with Gasteiger partial charge >= 0.3 is 5.97 Å². The SMILES string of the molecule is O=C(O)C(Cl)Cl.c1ccc2ncccc2c1. The zero-order valence-corrected chi connectivity index (χ0v) is 9.69. The normalized spacial score (nSPS) is 9.69. The first-order valence-electron chi connectivity index (χ1n) is 4.42. The molecule has 0 spiro atoms. The first kappa shape index (κ1) is 12.7. The Morgan fingerprint density at radius 1 is 1.19 bits per heavy atom. The lowest BCUT2D eigenvalue weighted by Gasteiger charge is -1.91. The van der Waals surface area contributed by atoms with Gasteiger partial charge in [-0.05, 0) is 12.1 Å². The van der Waals surface area contributed by atoms with Crippen molar-refractivity contribution in [3.05, 3.63) is 42.6 Å². The molecule has 0 radical (unpaired) electrons. The van der Waals surface area contributed by atoms with E-state index in [1.54, 1.807) is 0 Å². The van der Waals surface area contributed by atoms with Crippen LogP contribution in [0.5, 0.6) is 0 Å². The van der Waals surface area contributed by atoms with E-state index in [1.807, 2.05) is 30.5 Å². The number of hydrogen-bond donors (Lipinski definition) is 1. The number of aliphatic carboxylic acids is 1. The number of alkyl halides is 2. The molecule has 84 valence electrons. The molecule has 0 saturated heterocycles. The van der Waals surface area contributed by atoms with Gasteiger partial charge in [0, 0.05) is 11.6 Å². The summed E-state index contributed by atoms with van der Waals surface area (Å²) in [5, 5.41) is 8.93. The molecule has 0 bridgehead atoms. The van der Waals surface area contributed by atoms with E-state index >= 15 is 0 Å². The van der Waals surface area contributed by atoms with Crippen LogP contribution in [0.2, 0.25) is 0 Å². The van der Waals surface area contributed by atoms with Crippen LogP contribution < -0.4 is 0 Å². The van der Waals surface area contributed by atoms with Crippen molar-refractivity contribution in [3.8, 4) is 0 Å². The van der Waals surface area contributed by atoms with Crippen LogP contribution in [-0.2, 0) is 4.79 Å². The molecule has 1 aromatic heterocycles. The topological polar surface area (TPSA) is 50.2 Å². The van der Waals surface area contributed by atoms with Crippen LogP contribution in [-0.4, -0.2) is 20.9 Å². The van der Waals surface area contributed by atoms with Gasteiger partial charge in [0.25, 0.3) is 0 Å². The average molecular weight is 258 g/mol. The van der Waals surface area contributed by atoms with Crippen LogP contribution in [0.4, 0.5) is 0 Å². The third kappa shape index (κ3) is 4.04. The van der Waals surface area contributed by atoms with Crippen LogP contribution in [0.1, 0.15) is 0 Å². The Labute approximate surface area is 103 Å². The van der Waals surface area contributed by atoms with Gasteiger partial charge in [-0.2, -0.15) is 0 Å². The third-order valence-electron chi connectivity index (χ3n) is 1.70. The van der Waals surface area contributed by atoms with Crippen LogP contribution in [0.3, 0.4) is 0 Å². The van der Waals surface area contributed by atoms with Crippen molar-refractivity contribution in [2.45, 2.75) is 4.84 Å². The number of rotatable bonds is 1. The lowest BCUT2D eigenvalue weighted by molar-refractivity contribution is -0.135. The Morgan fingerprint density at radius 2 is 1.75 bits per heavy atom. The molecule has 1 aromatic carbocycles. The summed E-state index contributed by atoms with van der Waals surface area (Å²) >= 11 is 9.56. The lowest BCUT2D eigenvalue weighted by atomic mass is 10.2. The number of carboxylic acid groups (broad SMARTS) is 1. The van der Waals surface area contributed by atoms with Gasteiger partial charge in [0.2, 0.25) is 4.84 Å². The first-order valence-corrected chi connectivity index (χ1v) is 5.29. The number of pyridine rings is 1. The second kappa shape index (κ2) is 6.30. The molecule has 0 unspecified atom stereocenters. The van der Waals surface area contributed by atoms with E-state index in [-0.39, 0.29) is 0 Å². The molecule has 0 aliphatic heterocycles. The zero-order valence-electron chi connectivity index (χ0n) is 8.18. The molecule has 2 aromatic rings. The number of para-hydroxylation sites is 1. The molecule has 5 heteroatoms. The maximum absolute atomic E-state index is 9.44. The summed E-state index contributed by atoms with van der Waals surface area (Å²) in [5.74, 6) is -1.21. The second-order valence-electron chi connectivity index (χ2n) is 2.84. The number of benzene rings is 1. The summed E-state index contributed by atoms with van der Waals surface area (Å²) in [7, 11) is 0. The van der Waals surface area contributed by atoms with Crippen molar-refractivity contribution in [3.63, 3.8) is 0 Å². The molecule has 0 amide bonds. The van der Waals surface area contributed by atoms with Crippen molar-refractivity contribution in [2.24, 2.45) is 0 Å². The van der Waals surface area contributed by atoms with Crippen molar-refractivity contribution < 1.29 is 9.90 Å². The predicted octanol–water partition coefficient (Wildman–Crippen LogP) is 3.11. The van der Waals surface area contributed by atoms with Gasteiger partial charge < -0.3 is 5.11 Å². The van der Waals surface area contributed by atoms with E-state index in [2.05, 4.69) is 17.1 Å². The minimum absolute atomic E-state index is 1.06. The molecule has 0 fully saturated rings. The molecule has 16 heavy (non-hydrogen) atoms. The van der Waals surface area contributed by atoms with E-state index in [0.717, 1.165) is 5.52 Å². The Balaban J connectivity index is 0.000000187. The van der Waals surface area contributed by atoms with Crippen LogP contribution in [0.25, 0.3) is 10.9 Å². The number of halogens is 2. The highest BCUT2D eigenvalue weighted by Crippen LogP contribution is 2.07. The smallest absolute Gasteiger partial charge is 0.337 e. The molecule has 0 atom stereocenters. The molecule has 3 nitrogen and oxygen atoms in total. The van der Waals surface area contributed by atoms with Crippen LogP contribution in [0.15, 0.2) is 42.6 Å². The standard InChI is InChI=1S/C9H7N.C2H2Cl2O2/c1-2-6-9-8(4-1)5-3-7-10-9;3-1(4)2(5)6/h1-7H;1H,(H,5,6). The number of carbonyl (C=O) groups is 1. The molecule has 2 rings (SSSR count). The predicted molar refractivity (Wildman–Crippen MR) is 64.9 cm³/mol. The summed E-state index contributed by atoms with van der Waals surface area (Å²) in [5.41, 5.74) is 1.06. The minimum Gasteiger partial charge on any atom is -0.479 e. The molecule has 0 aliphatic rings. The van der Waals surface area contributed by atoms with Crippen molar-refractivity contribution in [1.82, 2.24) is 4.98 Å². The van der Waals surface area contributed by atoms with Gasteiger partial charge in [0.1, 0.15) is 0 Å². The Kier molecular flexibility index (Phi) is 5.02. The zero-order chi connectivity index (χ0) is 12.0. The number of carboxylic acids is 1. The van der Waals surface area contributed by atoms with E-state index in [0.29, 0.717) is 0 Å².